The van der Waals surface area contributed by atoms with Crippen molar-refractivity contribution in [3.8, 4) is 5.75 Å². The number of hydrogen-bond donors (Lipinski definition) is 1. The van der Waals surface area contributed by atoms with Crippen molar-refractivity contribution in [2.75, 3.05) is 24.8 Å². The number of nitrogen functional groups attached to an aromatic ring is 1. The Morgan fingerprint density at radius 1 is 1.29 bits per heavy atom. The molecule has 0 heterocycles. The summed E-state index contributed by atoms with van der Waals surface area (Å²) in [6, 6.07) is 3.18. The fourth-order valence-electron chi connectivity index (χ4n) is 1.67. The fourth-order valence-corrected chi connectivity index (χ4v) is 1.67. The summed E-state index contributed by atoms with van der Waals surface area (Å²) in [5.74, 6) is 0.616. The van der Waals surface area contributed by atoms with Crippen LogP contribution in [-0.4, -0.2) is 20.2 Å². The number of benzene rings is 1. The molecule has 0 fully saturated rings. The summed E-state index contributed by atoms with van der Waals surface area (Å²) in [5, 5.41) is 0. The highest BCUT2D eigenvalue weighted by Crippen LogP contribution is 2.31. The SMILES string of the molecule is COc1cc(N(C)C(C)C(C)C)c(F)cc1N. The lowest BCUT2D eigenvalue weighted by atomic mass is 10.0. The third kappa shape index (κ3) is 2.81. The van der Waals surface area contributed by atoms with E-state index in [1.165, 1.54) is 13.2 Å². The molecule has 0 saturated heterocycles. The van der Waals surface area contributed by atoms with Gasteiger partial charge in [-0.1, -0.05) is 13.8 Å². The van der Waals surface area contributed by atoms with Crippen LogP contribution in [0, 0.1) is 11.7 Å². The first kappa shape index (κ1) is 13.6. The van der Waals surface area contributed by atoms with Crippen molar-refractivity contribution in [1.29, 1.82) is 0 Å². The summed E-state index contributed by atoms with van der Waals surface area (Å²) in [6.07, 6.45) is 0. The average Bonchev–Trinajstić information content (AvgIpc) is 2.27. The molecule has 0 aliphatic carbocycles. The van der Waals surface area contributed by atoms with Crippen LogP contribution in [0.25, 0.3) is 0 Å². The molecule has 0 bridgehead atoms. The molecule has 1 unspecified atom stereocenters. The Labute approximate surface area is 102 Å². The zero-order valence-electron chi connectivity index (χ0n) is 11.1. The second-order valence-electron chi connectivity index (χ2n) is 4.64. The maximum Gasteiger partial charge on any atom is 0.148 e. The van der Waals surface area contributed by atoms with Gasteiger partial charge in [0.1, 0.15) is 11.6 Å². The van der Waals surface area contributed by atoms with Gasteiger partial charge in [-0.05, 0) is 12.8 Å². The normalized spacial score (nSPS) is 12.6. The number of ether oxygens (including phenoxy) is 1. The van der Waals surface area contributed by atoms with Gasteiger partial charge in [-0.15, -0.1) is 0 Å². The van der Waals surface area contributed by atoms with Crippen LogP contribution in [-0.2, 0) is 0 Å². The lowest BCUT2D eigenvalue weighted by molar-refractivity contribution is 0.415. The van der Waals surface area contributed by atoms with Crippen LogP contribution < -0.4 is 15.4 Å². The molecule has 3 nitrogen and oxygen atoms in total. The number of nitrogens with zero attached hydrogens (tertiary/aromatic N) is 1. The van der Waals surface area contributed by atoms with Crippen LogP contribution in [0.5, 0.6) is 5.75 Å². The van der Waals surface area contributed by atoms with Gasteiger partial charge in [0, 0.05) is 25.2 Å². The third-order valence-corrected chi connectivity index (χ3v) is 3.25. The molecule has 0 aliphatic heterocycles. The van der Waals surface area contributed by atoms with E-state index in [0.717, 1.165) is 0 Å². The van der Waals surface area contributed by atoms with E-state index in [1.54, 1.807) is 6.07 Å². The van der Waals surface area contributed by atoms with Crippen molar-refractivity contribution >= 4 is 11.4 Å². The van der Waals surface area contributed by atoms with E-state index in [2.05, 4.69) is 20.8 Å². The molecule has 4 heteroatoms. The summed E-state index contributed by atoms with van der Waals surface area (Å²) in [6.45, 7) is 6.27. The molecular formula is C13H21FN2O. The molecule has 1 aromatic carbocycles. The van der Waals surface area contributed by atoms with Crippen LogP contribution in [0.2, 0.25) is 0 Å². The number of rotatable bonds is 4. The van der Waals surface area contributed by atoms with E-state index in [4.69, 9.17) is 10.5 Å². The molecule has 0 spiro atoms. The molecule has 0 saturated carbocycles. The minimum atomic E-state index is -0.321. The van der Waals surface area contributed by atoms with Crippen LogP contribution in [0.1, 0.15) is 20.8 Å². The minimum absolute atomic E-state index is 0.234. The quantitative estimate of drug-likeness (QED) is 0.822. The van der Waals surface area contributed by atoms with Crippen LogP contribution in [0.3, 0.4) is 0 Å². The van der Waals surface area contributed by atoms with Crippen LogP contribution in [0.4, 0.5) is 15.8 Å². The molecular weight excluding hydrogens is 219 g/mol. The molecule has 96 valence electrons. The zero-order valence-corrected chi connectivity index (χ0v) is 11.1. The van der Waals surface area contributed by atoms with Crippen LogP contribution >= 0.6 is 0 Å². The Morgan fingerprint density at radius 2 is 1.88 bits per heavy atom. The topological polar surface area (TPSA) is 38.5 Å². The van der Waals surface area contributed by atoms with Gasteiger partial charge >= 0.3 is 0 Å². The van der Waals surface area contributed by atoms with Crippen molar-refractivity contribution in [3.05, 3.63) is 17.9 Å². The van der Waals surface area contributed by atoms with Gasteiger partial charge in [0.2, 0.25) is 0 Å². The molecule has 1 rings (SSSR count). The van der Waals surface area contributed by atoms with Crippen molar-refractivity contribution in [2.45, 2.75) is 26.8 Å². The Kier molecular flexibility index (Phi) is 4.21. The maximum atomic E-state index is 13.9. The molecule has 0 aromatic heterocycles. The summed E-state index contributed by atoms with van der Waals surface area (Å²) in [5.41, 5.74) is 6.48. The third-order valence-electron chi connectivity index (χ3n) is 3.25. The van der Waals surface area contributed by atoms with Gasteiger partial charge in [0.05, 0.1) is 18.5 Å². The van der Waals surface area contributed by atoms with Crippen molar-refractivity contribution in [2.24, 2.45) is 5.92 Å². The Balaban J connectivity index is 3.13. The molecule has 17 heavy (non-hydrogen) atoms. The Morgan fingerprint density at radius 3 is 2.35 bits per heavy atom. The van der Waals surface area contributed by atoms with Gasteiger partial charge < -0.3 is 15.4 Å². The lowest BCUT2D eigenvalue weighted by Crippen LogP contribution is -2.33. The number of hydrogen-bond acceptors (Lipinski definition) is 3. The second-order valence-corrected chi connectivity index (χ2v) is 4.64. The lowest BCUT2D eigenvalue weighted by Gasteiger charge is -2.30. The zero-order chi connectivity index (χ0) is 13.2. The van der Waals surface area contributed by atoms with E-state index in [0.29, 0.717) is 23.0 Å². The summed E-state index contributed by atoms with van der Waals surface area (Å²) >= 11 is 0. The predicted octanol–water partition coefficient (Wildman–Crippen LogP) is 2.90. The van der Waals surface area contributed by atoms with E-state index in [9.17, 15) is 4.39 Å². The van der Waals surface area contributed by atoms with Gasteiger partial charge in [-0.2, -0.15) is 0 Å². The van der Waals surface area contributed by atoms with E-state index in [-0.39, 0.29) is 11.9 Å². The van der Waals surface area contributed by atoms with E-state index >= 15 is 0 Å². The largest absolute Gasteiger partial charge is 0.495 e. The highest BCUT2D eigenvalue weighted by Gasteiger charge is 2.18. The maximum absolute atomic E-state index is 13.9. The predicted molar refractivity (Wildman–Crippen MR) is 70.1 cm³/mol. The van der Waals surface area contributed by atoms with Crippen molar-refractivity contribution in [1.82, 2.24) is 0 Å². The Bertz CT molecular complexity index is 393. The summed E-state index contributed by atoms with van der Waals surface area (Å²) in [7, 11) is 3.40. The number of anilines is 2. The number of nitrogens with two attached hydrogens (primary N) is 1. The van der Waals surface area contributed by atoms with Crippen LogP contribution in [0.15, 0.2) is 12.1 Å². The standard InChI is InChI=1S/C13H21FN2O/c1-8(2)9(3)16(4)12-7-13(17-5)11(15)6-10(12)14/h6-9H,15H2,1-5H3. The molecule has 1 aromatic rings. The second kappa shape index (κ2) is 5.25. The molecule has 0 radical (unpaired) electrons. The fraction of sp³-hybridized carbons (Fsp3) is 0.538. The van der Waals surface area contributed by atoms with E-state index < -0.39 is 0 Å². The highest BCUT2D eigenvalue weighted by atomic mass is 19.1. The molecule has 0 amide bonds. The number of methoxy groups -OCH3 is 1. The highest BCUT2D eigenvalue weighted by molar-refractivity contribution is 5.63. The van der Waals surface area contributed by atoms with Gasteiger partial charge in [-0.3, -0.25) is 0 Å². The van der Waals surface area contributed by atoms with E-state index in [1.807, 2.05) is 11.9 Å². The first-order valence-corrected chi connectivity index (χ1v) is 5.74. The first-order valence-electron chi connectivity index (χ1n) is 5.74. The van der Waals surface area contributed by atoms with Crippen molar-refractivity contribution in [3.63, 3.8) is 0 Å². The molecule has 2 N–H and O–H groups in total. The first-order chi connectivity index (χ1) is 7.88. The number of halogens is 1. The average molecular weight is 240 g/mol. The molecule has 1 atom stereocenters. The summed E-state index contributed by atoms with van der Waals surface area (Å²) in [4.78, 5) is 1.90. The summed E-state index contributed by atoms with van der Waals surface area (Å²) < 4.78 is 19.0. The van der Waals surface area contributed by atoms with Gasteiger partial charge in [0.15, 0.2) is 0 Å². The van der Waals surface area contributed by atoms with Crippen molar-refractivity contribution < 1.29 is 9.13 Å². The van der Waals surface area contributed by atoms with Gasteiger partial charge in [0.25, 0.3) is 0 Å². The monoisotopic (exact) mass is 240 g/mol. The Hall–Kier alpha value is -1.45. The molecule has 0 aliphatic rings. The minimum Gasteiger partial charge on any atom is -0.495 e. The van der Waals surface area contributed by atoms with Gasteiger partial charge in [-0.25, -0.2) is 4.39 Å². The smallest absolute Gasteiger partial charge is 0.148 e.